The van der Waals surface area contributed by atoms with Crippen molar-refractivity contribution in [3.63, 3.8) is 0 Å². The van der Waals surface area contributed by atoms with Gasteiger partial charge < -0.3 is 14.2 Å². The smallest absolute Gasteiger partial charge is 0.119 e. The summed E-state index contributed by atoms with van der Waals surface area (Å²) < 4.78 is 16.1. The lowest BCUT2D eigenvalue weighted by Gasteiger charge is -2.11. The number of rotatable bonds is 11. The fraction of sp³-hybridized carbons (Fsp3) is 0.308. The Labute approximate surface area is 182 Å². The minimum absolute atomic E-state index is 0.532. The van der Waals surface area contributed by atoms with E-state index in [1.54, 1.807) is 7.11 Å². The van der Waals surface area contributed by atoms with Crippen molar-refractivity contribution in [2.45, 2.75) is 19.8 Å². The van der Waals surface area contributed by atoms with Crippen LogP contribution in [0.3, 0.4) is 0 Å². The topological polar surface area (TPSA) is 27.7 Å². The van der Waals surface area contributed by atoms with Crippen LogP contribution in [0.2, 0.25) is 0 Å². The monoisotopic (exact) mass is 422 g/mol. The van der Waals surface area contributed by atoms with Gasteiger partial charge in [0.05, 0.1) is 19.8 Å². The molecule has 0 fully saturated rings. The van der Waals surface area contributed by atoms with Crippen molar-refractivity contribution in [2.24, 2.45) is 0 Å². The summed E-state index contributed by atoms with van der Waals surface area (Å²) in [5, 5.41) is 1.20. The van der Waals surface area contributed by atoms with Gasteiger partial charge in [-0.1, -0.05) is 61.9 Å². The standard InChI is InChI=1S/C26H31O3P/c1-3-4-20-5-7-22(8-6-20)25-14-11-23(19-26(25)30)21-9-12-24(13-10-21)29-18-17-28-16-15-27-2/h5-14,19H,3-4,15-18,30H2,1-2H3. The summed E-state index contributed by atoms with van der Waals surface area (Å²) in [7, 11) is 4.55. The van der Waals surface area contributed by atoms with Crippen LogP contribution in [0, 0.1) is 0 Å². The maximum Gasteiger partial charge on any atom is 0.119 e. The summed E-state index contributed by atoms with van der Waals surface area (Å²) in [6.45, 7) is 4.50. The first-order valence-corrected chi connectivity index (χ1v) is 11.1. The first kappa shape index (κ1) is 22.5. The quantitative estimate of drug-likeness (QED) is 0.301. The number of ether oxygens (including phenoxy) is 3. The maximum absolute atomic E-state index is 5.73. The van der Waals surface area contributed by atoms with Crippen LogP contribution >= 0.6 is 9.24 Å². The van der Waals surface area contributed by atoms with Crippen LogP contribution in [0.15, 0.2) is 66.7 Å². The fourth-order valence-electron chi connectivity index (χ4n) is 3.35. The van der Waals surface area contributed by atoms with Crippen LogP contribution in [-0.2, 0) is 15.9 Å². The molecule has 1 atom stereocenters. The first-order valence-electron chi connectivity index (χ1n) is 10.5. The second kappa shape index (κ2) is 11.9. The molecule has 0 spiro atoms. The maximum atomic E-state index is 5.73. The lowest BCUT2D eigenvalue weighted by molar-refractivity contribution is 0.0544. The number of hydrogen-bond acceptors (Lipinski definition) is 3. The van der Waals surface area contributed by atoms with Gasteiger partial charge in [0.15, 0.2) is 0 Å². The van der Waals surface area contributed by atoms with Crippen molar-refractivity contribution in [3.05, 3.63) is 72.3 Å². The summed E-state index contributed by atoms with van der Waals surface area (Å²) in [5.74, 6) is 0.851. The summed E-state index contributed by atoms with van der Waals surface area (Å²) >= 11 is 0. The molecule has 0 saturated carbocycles. The predicted molar refractivity (Wildman–Crippen MR) is 129 cm³/mol. The summed E-state index contributed by atoms with van der Waals surface area (Å²) in [5.41, 5.74) is 6.27. The van der Waals surface area contributed by atoms with Crippen molar-refractivity contribution in [3.8, 4) is 28.0 Å². The Kier molecular flexibility index (Phi) is 8.89. The zero-order valence-electron chi connectivity index (χ0n) is 17.9. The molecule has 0 N–H and O–H groups in total. The van der Waals surface area contributed by atoms with Crippen molar-refractivity contribution in [1.82, 2.24) is 0 Å². The molecule has 1 unspecified atom stereocenters. The van der Waals surface area contributed by atoms with E-state index in [2.05, 4.69) is 70.8 Å². The van der Waals surface area contributed by atoms with E-state index >= 15 is 0 Å². The van der Waals surface area contributed by atoms with Gasteiger partial charge >= 0.3 is 0 Å². The van der Waals surface area contributed by atoms with Crippen LogP contribution in [0.25, 0.3) is 22.3 Å². The Morgan fingerprint density at radius 2 is 1.40 bits per heavy atom. The van der Waals surface area contributed by atoms with Crippen molar-refractivity contribution >= 4 is 14.5 Å². The van der Waals surface area contributed by atoms with E-state index < -0.39 is 0 Å². The zero-order chi connectivity index (χ0) is 21.2. The van der Waals surface area contributed by atoms with Crippen LogP contribution in [-0.4, -0.2) is 33.5 Å². The van der Waals surface area contributed by atoms with Gasteiger partial charge in [-0.05, 0) is 57.7 Å². The SMILES string of the molecule is CCCc1ccc(-c2ccc(-c3ccc(OCCOCCOC)cc3)cc2P)cc1. The Morgan fingerprint density at radius 3 is 2.07 bits per heavy atom. The molecule has 30 heavy (non-hydrogen) atoms. The number of benzene rings is 3. The Bertz CT molecular complexity index is 905. The number of methoxy groups -OCH3 is 1. The molecule has 3 nitrogen and oxygen atoms in total. The van der Waals surface area contributed by atoms with Gasteiger partial charge in [0.1, 0.15) is 12.4 Å². The summed E-state index contributed by atoms with van der Waals surface area (Å²) in [4.78, 5) is 0. The Morgan fingerprint density at radius 1 is 0.733 bits per heavy atom. The molecular formula is C26H31O3P. The summed E-state index contributed by atoms with van der Waals surface area (Å²) in [6.07, 6.45) is 2.31. The van der Waals surface area contributed by atoms with E-state index in [0.29, 0.717) is 26.4 Å². The largest absolute Gasteiger partial charge is 0.491 e. The zero-order valence-corrected chi connectivity index (χ0v) is 19.1. The number of hydrogen-bond donors (Lipinski definition) is 0. The van der Waals surface area contributed by atoms with Gasteiger partial charge in [0.25, 0.3) is 0 Å². The van der Waals surface area contributed by atoms with Crippen LogP contribution in [0.4, 0.5) is 0 Å². The van der Waals surface area contributed by atoms with Gasteiger partial charge in [-0.2, -0.15) is 0 Å². The average Bonchev–Trinajstić information content (AvgIpc) is 2.77. The minimum atomic E-state index is 0.532. The lowest BCUT2D eigenvalue weighted by Crippen LogP contribution is -2.09. The Balaban J connectivity index is 1.61. The molecule has 0 aliphatic heterocycles. The van der Waals surface area contributed by atoms with Crippen molar-refractivity contribution < 1.29 is 14.2 Å². The van der Waals surface area contributed by atoms with Gasteiger partial charge in [-0.25, -0.2) is 0 Å². The van der Waals surface area contributed by atoms with Crippen LogP contribution in [0.1, 0.15) is 18.9 Å². The average molecular weight is 423 g/mol. The van der Waals surface area contributed by atoms with Gasteiger partial charge in [0.2, 0.25) is 0 Å². The van der Waals surface area contributed by atoms with Crippen LogP contribution < -0.4 is 10.0 Å². The third kappa shape index (κ3) is 6.40. The highest BCUT2D eigenvalue weighted by atomic mass is 31.0. The Hall–Kier alpha value is -2.19. The molecule has 3 aromatic carbocycles. The molecule has 3 aromatic rings. The van der Waals surface area contributed by atoms with E-state index in [0.717, 1.165) is 12.2 Å². The molecule has 158 valence electrons. The highest BCUT2D eigenvalue weighted by Gasteiger charge is 2.06. The second-order valence-electron chi connectivity index (χ2n) is 7.23. The molecule has 4 heteroatoms. The van der Waals surface area contributed by atoms with Crippen molar-refractivity contribution in [1.29, 1.82) is 0 Å². The van der Waals surface area contributed by atoms with Crippen molar-refractivity contribution in [2.75, 3.05) is 33.5 Å². The second-order valence-corrected chi connectivity index (χ2v) is 7.85. The van der Waals surface area contributed by atoms with Gasteiger partial charge in [0, 0.05) is 7.11 Å². The van der Waals surface area contributed by atoms with Crippen LogP contribution in [0.5, 0.6) is 5.75 Å². The lowest BCUT2D eigenvalue weighted by atomic mass is 9.98. The molecule has 0 aliphatic rings. The highest BCUT2D eigenvalue weighted by molar-refractivity contribution is 7.28. The molecule has 0 saturated heterocycles. The molecule has 0 aliphatic carbocycles. The van der Waals surface area contributed by atoms with E-state index in [4.69, 9.17) is 14.2 Å². The number of aryl methyl sites for hydroxylation is 1. The van der Waals surface area contributed by atoms with E-state index in [-0.39, 0.29) is 0 Å². The highest BCUT2D eigenvalue weighted by Crippen LogP contribution is 2.27. The third-order valence-electron chi connectivity index (χ3n) is 4.97. The molecule has 0 aromatic heterocycles. The molecule has 0 amide bonds. The van der Waals surface area contributed by atoms with Gasteiger partial charge in [-0.3, -0.25) is 0 Å². The van der Waals surface area contributed by atoms with E-state index in [1.165, 1.54) is 39.5 Å². The van der Waals surface area contributed by atoms with E-state index in [1.807, 2.05) is 12.1 Å². The fourth-order valence-corrected chi connectivity index (χ4v) is 3.79. The normalized spacial score (nSPS) is 10.9. The molecule has 3 rings (SSSR count). The molecule has 0 radical (unpaired) electrons. The third-order valence-corrected chi connectivity index (χ3v) is 5.45. The predicted octanol–water partition coefficient (Wildman–Crippen LogP) is 5.52. The van der Waals surface area contributed by atoms with Gasteiger partial charge in [-0.15, -0.1) is 9.24 Å². The minimum Gasteiger partial charge on any atom is -0.491 e. The molecule has 0 heterocycles. The molecular weight excluding hydrogens is 391 g/mol. The summed E-state index contributed by atoms with van der Waals surface area (Å²) in [6, 6.07) is 23.7. The van der Waals surface area contributed by atoms with E-state index in [9.17, 15) is 0 Å². The molecule has 0 bridgehead atoms. The first-order chi connectivity index (χ1) is 14.7.